The second-order valence-electron chi connectivity index (χ2n) is 2.50. The molecule has 0 aliphatic carbocycles. The third kappa shape index (κ3) is 1.35. The summed E-state index contributed by atoms with van der Waals surface area (Å²) < 4.78 is 2.07. The van der Waals surface area contributed by atoms with E-state index >= 15 is 0 Å². The lowest BCUT2D eigenvalue weighted by molar-refractivity contribution is 0.692. The van der Waals surface area contributed by atoms with Gasteiger partial charge in [0.25, 0.3) is 0 Å². The van der Waals surface area contributed by atoms with E-state index in [9.17, 15) is 0 Å². The molecular weight excluding hydrogens is 155 g/mol. The molecule has 0 aromatic carbocycles. The maximum absolute atomic E-state index is 5.64. The maximum atomic E-state index is 5.64. The maximum Gasteiger partial charge on any atom is 0.108 e. The number of aromatic nitrogens is 2. The fourth-order valence-corrected chi connectivity index (χ4v) is 2.06. The van der Waals surface area contributed by atoms with Crippen molar-refractivity contribution < 1.29 is 0 Å². The summed E-state index contributed by atoms with van der Waals surface area (Å²) in [7, 11) is 5.64. The van der Waals surface area contributed by atoms with Crippen LogP contribution in [0.3, 0.4) is 0 Å². The molecule has 0 amide bonds. The minimum atomic E-state index is 0.428. The Morgan fingerprint density at radius 3 is 3.18 bits per heavy atom. The Morgan fingerprint density at radius 1 is 1.73 bits per heavy atom. The van der Waals surface area contributed by atoms with Gasteiger partial charge >= 0.3 is 0 Å². The van der Waals surface area contributed by atoms with Crippen LogP contribution >= 0.6 is 11.8 Å². The molecule has 1 aliphatic heterocycles. The number of allylic oxidation sites excluding steroid dienone is 1. The Bertz CT molecular complexity index is 268. The molecule has 11 heavy (non-hydrogen) atoms. The Balaban J connectivity index is 2.11. The van der Waals surface area contributed by atoms with Crippen LogP contribution in [0.15, 0.2) is 29.6 Å². The topological polar surface area (TPSA) is 17.8 Å². The second kappa shape index (κ2) is 2.78. The molecule has 1 aromatic heterocycles. The molecule has 1 aliphatic rings. The van der Waals surface area contributed by atoms with E-state index in [0.29, 0.717) is 5.37 Å². The van der Waals surface area contributed by atoms with E-state index in [1.54, 1.807) is 18.0 Å². The molecule has 1 atom stereocenters. The van der Waals surface area contributed by atoms with Gasteiger partial charge in [-0.1, -0.05) is 0 Å². The van der Waals surface area contributed by atoms with Gasteiger partial charge in [0.2, 0.25) is 0 Å². The highest BCUT2D eigenvalue weighted by Crippen LogP contribution is 2.36. The predicted octanol–water partition coefficient (Wildman–Crippen LogP) is 1.53. The Kier molecular flexibility index (Phi) is 1.78. The Morgan fingerprint density at radius 2 is 2.64 bits per heavy atom. The first-order chi connectivity index (χ1) is 5.36. The van der Waals surface area contributed by atoms with E-state index in [4.69, 9.17) is 7.85 Å². The van der Waals surface area contributed by atoms with Crippen molar-refractivity contribution in [1.29, 1.82) is 0 Å². The average molecular weight is 162 g/mol. The molecule has 2 rings (SSSR count). The van der Waals surface area contributed by atoms with Crippen molar-refractivity contribution in [2.45, 2.75) is 11.8 Å². The van der Waals surface area contributed by atoms with Crippen LogP contribution < -0.4 is 0 Å². The van der Waals surface area contributed by atoms with Crippen LogP contribution in [0.5, 0.6) is 0 Å². The SMILES string of the molecule is [B]C1=CSC(n2ccnc2)C1. The van der Waals surface area contributed by atoms with Gasteiger partial charge in [-0.05, 0) is 11.8 Å². The molecule has 4 heteroatoms. The van der Waals surface area contributed by atoms with Crippen molar-refractivity contribution in [3.8, 4) is 0 Å². The monoisotopic (exact) mass is 162 g/mol. The van der Waals surface area contributed by atoms with Gasteiger partial charge in [0.1, 0.15) is 7.85 Å². The number of hydrogen-bond acceptors (Lipinski definition) is 2. The van der Waals surface area contributed by atoms with Crippen molar-refractivity contribution in [2.24, 2.45) is 0 Å². The van der Waals surface area contributed by atoms with E-state index < -0.39 is 0 Å². The van der Waals surface area contributed by atoms with Crippen molar-refractivity contribution in [3.63, 3.8) is 0 Å². The molecule has 0 bridgehead atoms. The van der Waals surface area contributed by atoms with Gasteiger partial charge < -0.3 is 4.57 Å². The standard InChI is InChI=1S/C7H7BN2S/c8-6-3-7(11-4-6)10-2-1-9-5-10/h1-2,4-5,7H,3H2. The summed E-state index contributed by atoms with van der Waals surface area (Å²) in [6, 6.07) is 0. The van der Waals surface area contributed by atoms with E-state index in [1.165, 1.54) is 0 Å². The van der Waals surface area contributed by atoms with Gasteiger partial charge in [0, 0.05) is 12.4 Å². The summed E-state index contributed by atoms with van der Waals surface area (Å²) in [5, 5.41) is 2.43. The first kappa shape index (κ1) is 7.04. The summed E-state index contributed by atoms with van der Waals surface area (Å²) in [4.78, 5) is 3.98. The van der Waals surface area contributed by atoms with Crippen LogP contribution in [-0.2, 0) is 0 Å². The zero-order valence-corrected chi connectivity index (χ0v) is 6.79. The van der Waals surface area contributed by atoms with E-state index in [-0.39, 0.29) is 0 Å². The largest absolute Gasteiger partial charge is 0.324 e. The number of imidazole rings is 1. The van der Waals surface area contributed by atoms with Crippen LogP contribution in [0.25, 0.3) is 0 Å². The molecule has 1 aromatic rings. The summed E-state index contributed by atoms with van der Waals surface area (Å²) in [5.41, 5.74) is 0.966. The smallest absolute Gasteiger partial charge is 0.108 e. The van der Waals surface area contributed by atoms with Gasteiger partial charge in [0.05, 0.1) is 11.7 Å². The molecule has 0 fully saturated rings. The number of hydrogen-bond donors (Lipinski definition) is 0. The molecule has 0 saturated carbocycles. The minimum absolute atomic E-state index is 0.428. The lowest BCUT2D eigenvalue weighted by atomic mass is 9.95. The molecular formula is C7H7BN2S. The van der Waals surface area contributed by atoms with Crippen LogP contribution in [0.1, 0.15) is 11.8 Å². The summed E-state index contributed by atoms with van der Waals surface area (Å²) in [5.74, 6) is 0. The van der Waals surface area contributed by atoms with Crippen LogP contribution in [0.4, 0.5) is 0 Å². The number of nitrogens with zero attached hydrogens (tertiary/aromatic N) is 2. The van der Waals surface area contributed by atoms with Crippen LogP contribution in [0.2, 0.25) is 0 Å². The zero-order valence-electron chi connectivity index (χ0n) is 5.97. The molecule has 2 heterocycles. The quantitative estimate of drug-likeness (QED) is 0.582. The summed E-state index contributed by atoms with van der Waals surface area (Å²) >= 11 is 1.74. The third-order valence-electron chi connectivity index (χ3n) is 1.64. The van der Waals surface area contributed by atoms with Crippen molar-refractivity contribution >= 4 is 19.6 Å². The zero-order chi connectivity index (χ0) is 7.68. The van der Waals surface area contributed by atoms with E-state index in [1.807, 2.05) is 17.9 Å². The summed E-state index contributed by atoms with van der Waals surface area (Å²) in [6.45, 7) is 0. The average Bonchev–Trinajstić information content (AvgIpc) is 2.55. The lowest BCUT2D eigenvalue weighted by Gasteiger charge is -2.09. The molecule has 0 saturated heterocycles. The van der Waals surface area contributed by atoms with Crippen molar-refractivity contribution in [3.05, 3.63) is 29.6 Å². The molecule has 1 unspecified atom stereocenters. The van der Waals surface area contributed by atoms with Gasteiger partial charge in [-0.15, -0.1) is 17.2 Å². The minimum Gasteiger partial charge on any atom is -0.324 e. The van der Waals surface area contributed by atoms with Crippen LogP contribution in [-0.4, -0.2) is 17.4 Å². The van der Waals surface area contributed by atoms with Gasteiger partial charge in [-0.3, -0.25) is 0 Å². The number of rotatable bonds is 1. The van der Waals surface area contributed by atoms with Gasteiger partial charge in [-0.25, -0.2) is 4.98 Å². The normalized spacial score (nSPS) is 23.6. The molecule has 0 spiro atoms. The van der Waals surface area contributed by atoms with E-state index in [2.05, 4.69) is 9.55 Å². The highest BCUT2D eigenvalue weighted by molar-refractivity contribution is 8.02. The van der Waals surface area contributed by atoms with Crippen molar-refractivity contribution in [2.75, 3.05) is 0 Å². The van der Waals surface area contributed by atoms with Crippen LogP contribution in [0, 0.1) is 0 Å². The Labute approximate surface area is 71.1 Å². The second-order valence-corrected chi connectivity index (χ2v) is 3.55. The molecule has 2 radical (unpaired) electrons. The first-order valence-electron chi connectivity index (χ1n) is 3.43. The lowest BCUT2D eigenvalue weighted by Crippen LogP contribution is -1.99. The van der Waals surface area contributed by atoms with Gasteiger partial charge in [0.15, 0.2) is 0 Å². The van der Waals surface area contributed by atoms with Crippen molar-refractivity contribution in [1.82, 2.24) is 9.55 Å². The highest BCUT2D eigenvalue weighted by Gasteiger charge is 2.15. The third-order valence-corrected chi connectivity index (χ3v) is 2.81. The first-order valence-corrected chi connectivity index (χ1v) is 4.38. The Hall–Kier alpha value is -0.635. The summed E-state index contributed by atoms with van der Waals surface area (Å²) in [6.07, 6.45) is 6.50. The fraction of sp³-hybridized carbons (Fsp3) is 0.286. The fourth-order valence-electron chi connectivity index (χ4n) is 1.08. The molecule has 0 N–H and O–H groups in total. The molecule has 54 valence electrons. The van der Waals surface area contributed by atoms with Gasteiger partial charge in [-0.2, -0.15) is 0 Å². The predicted molar refractivity (Wildman–Crippen MR) is 47.3 cm³/mol. The van der Waals surface area contributed by atoms with E-state index in [0.717, 1.165) is 11.9 Å². The highest BCUT2D eigenvalue weighted by atomic mass is 32.2. The molecule has 2 nitrogen and oxygen atoms in total. The number of thioether (sulfide) groups is 1.